The molecule has 0 radical (unpaired) electrons. The van der Waals surface area contributed by atoms with Crippen LogP contribution < -0.4 is 10.1 Å². The van der Waals surface area contributed by atoms with Gasteiger partial charge in [0.15, 0.2) is 0 Å². The summed E-state index contributed by atoms with van der Waals surface area (Å²) in [6.07, 6.45) is 0.988. The first-order chi connectivity index (χ1) is 8.55. The molecule has 0 aliphatic heterocycles. The first kappa shape index (κ1) is 15.3. The average molecular weight is 270 g/mol. The topological polar surface area (TPSA) is 21.3 Å². The van der Waals surface area contributed by atoms with Crippen molar-refractivity contribution in [3.05, 3.63) is 29.3 Å². The van der Waals surface area contributed by atoms with Gasteiger partial charge in [0, 0.05) is 24.4 Å². The zero-order chi connectivity index (χ0) is 13.6. The van der Waals surface area contributed by atoms with Gasteiger partial charge in [-0.15, -0.1) is 11.6 Å². The van der Waals surface area contributed by atoms with Crippen LogP contribution >= 0.6 is 11.6 Å². The maximum absolute atomic E-state index is 5.68. The number of methoxy groups -OCH3 is 1. The molecule has 0 amide bonds. The van der Waals surface area contributed by atoms with Crippen molar-refractivity contribution < 1.29 is 4.74 Å². The molecule has 2 nitrogen and oxygen atoms in total. The summed E-state index contributed by atoms with van der Waals surface area (Å²) < 4.78 is 5.37. The molecule has 0 spiro atoms. The number of ether oxygens (including phenoxy) is 1. The highest BCUT2D eigenvalue weighted by Crippen LogP contribution is 2.28. The van der Waals surface area contributed by atoms with Crippen molar-refractivity contribution in [3.63, 3.8) is 0 Å². The van der Waals surface area contributed by atoms with Crippen molar-refractivity contribution in [2.45, 2.75) is 32.6 Å². The van der Waals surface area contributed by atoms with Crippen LogP contribution in [0, 0.1) is 0 Å². The van der Waals surface area contributed by atoms with Gasteiger partial charge in [-0.05, 0) is 23.6 Å². The van der Waals surface area contributed by atoms with E-state index in [0.29, 0.717) is 5.88 Å². The van der Waals surface area contributed by atoms with Crippen LogP contribution in [-0.4, -0.2) is 26.1 Å². The minimum Gasteiger partial charge on any atom is -0.496 e. The zero-order valence-corrected chi connectivity index (χ0v) is 12.6. The summed E-state index contributed by atoms with van der Waals surface area (Å²) in [4.78, 5) is 0. The molecule has 0 saturated heterocycles. The SMILES string of the molecule is CCc1cc(C(C)(C)CNCCCl)ccc1OC. The van der Waals surface area contributed by atoms with Gasteiger partial charge in [0.05, 0.1) is 7.11 Å². The molecule has 102 valence electrons. The Bertz CT molecular complexity index is 377. The highest BCUT2D eigenvalue weighted by atomic mass is 35.5. The molecule has 0 saturated carbocycles. The van der Waals surface area contributed by atoms with E-state index in [0.717, 1.165) is 25.3 Å². The van der Waals surface area contributed by atoms with Gasteiger partial charge in [0.25, 0.3) is 0 Å². The summed E-state index contributed by atoms with van der Waals surface area (Å²) in [7, 11) is 1.72. The lowest BCUT2D eigenvalue weighted by atomic mass is 9.83. The van der Waals surface area contributed by atoms with E-state index < -0.39 is 0 Å². The molecule has 0 aliphatic rings. The first-order valence-electron chi connectivity index (χ1n) is 6.49. The molecule has 1 aromatic rings. The quantitative estimate of drug-likeness (QED) is 0.605. The molecule has 0 fully saturated rings. The van der Waals surface area contributed by atoms with E-state index in [-0.39, 0.29) is 5.41 Å². The van der Waals surface area contributed by atoms with Crippen molar-refractivity contribution in [2.75, 3.05) is 26.1 Å². The second kappa shape index (κ2) is 7.01. The number of rotatable bonds is 7. The molecule has 0 bridgehead atoms. The van der Waals surface area contributed by atoms with Crippen molar-refractivity contribution in [1.29, 1.82) is 0 Å². The summed E-state index contributed by atoms with van der Waals surface area (Å²) in [5.74, 6) is 1.63. The maximum atomic E-state index is 5.68. The largest absolute Gasteiger partial charge is 0.496 e. The van der Waals surface area contributed by atoms with Gasteiger partial charge in [0.1, 0.15) is 5.75 Å². The van der Waals surface area contributed by atoms with Gasteiger partial charge in [0.2, 0.25) is 0 Å². The Hall–Kier alpha value is -0.730. The average Bonchev–Trinajstić information content (AvgIpc) is 2.38. The molecule has 0 atom stereocenters. The van der Waals surface area contributed by atoms with E-state index in [1.165, 1.54) is 11.1 Å². The summed E-state index contributed by atoms with van der Waals surface area (Å²) >= 11 is 5.68. The van der Waals surface area contributed by atoms with Crippen LogP contribution in [0.5, 0.6) is 5.75 Å². The fraction of sp³-hybridized carbons (Fsp3) is 0.600. The molecule has 1 rings (SSSR count). The number of alkyl halides is 1. The molecule has 0 aromatic heterocycles. The minimum absolute atomic E-state index is 0.0995. The number of hydrogen-bond acceptors (Lipinski definition) is 2. The monoisotopic (exact) mass is 269 g/mol. The fourth-order valence-electron chi connectivity index (χ4n) is 2.05. The van der Waals surface area contributed by atoms with E-state index in [1.807, 2.05) is 0 Å². The van der Waals surface area contributed by atoms with Crippen LogP contribution in [-0.2, 0) is 11.8 Å². The second-order valence-corrected chi connectivity index (χ2v) is 5.51. The van der Waals surface area contributed by atoms with Crippen molar-refractivity contribution >= 4 is 11.6 Å². The maximum Gasteiger partial charge on any atom is 0.122 e. The van der Waals surface area contributed by atoms with E-state index in [9.17, 15) is 0 Å². The standard InChI is InChI=1S/C15H24ClNO/c1-5-12-10-13(6-7-14(12)18-4)15(2,3)11-17-9-8-16/h6-7,10,17H,5,8-9,11H2,1-4H3. The van der Waals surface area contributed by atoms with Crippen molar-refractivity contribution in [2.24, 2.45) is 0 Å². The fourth-order valence-corrected chi connectivity index (χ4v) is 2.18. The Morgan fingerprint density at radius 1 is 1.33 bits per heavy atom. The van der Waals surface area contributed by atoms with Gasteiger partial charge >= 0.3 is 0 Å². The molecule has 0 aliphatic carbocycles. The third-order valence-corrected chi connectivity index (χ3v) is 3.47. The number of nitrogens with one attached hydrogen (secondary N) is 1. The Morgan fingerprint density at radius 3 is 2.61 bits per heavy atom. The number of aryl methyl sites for hydroxylation is 1. The molecule has 0 heterocycles. The Kier molecular flexibility index (Phi) is 5.97. The van der Waals surface area contributed by atoms with Crippen LogP contribution in [0.1, 0.15) is 31.9 Å². The van der Waals surface area contributed by atoms with Gasteiger partial charge in [-0.1, -0.05) is 32.9 Å². The summed E-state index contributed by atoms with van der Waals surface area (Å²) in [5, 5.41) is 3.38. The molecule has 1 aromatic carbocycles. The van der Waals surface area contributed by atoms with Crippen molar-refractivity contribution in [1.82, 2.24) is 5.32 Å². The van der Waals surface area contributed by atoms with Gasteiger partial charge in [-0.2, -0.15) is 0 Å². The number of halogens is 1. The van der Waals surface area contributed by atoms with E-state index in [1.54, 1.807) is 7.11 Å². The summed E-state index contributed by atoms with van der Waals surface area (Å²) in [6.45, 7) is 8.42. The van der Waals surface area contributed by atoms with E-state index >= 15 is 0 Å². The van der Waals surface area contributed by atoms with Crippen LogP contribution in [0.15, 0.2) is 18.2 Å². The third-order valence-electron chi connectivity index (χ3n) is 3.28. The lowest BCUT2D eigenvalue weighted by molar-refractivity contribution is 0.408. The third kappa shape index (κ3) is 3.89. The Balaban J connectivity index is 2.87. The molecular weight excluding hydrogens is 246 g/mol. The van der Waals surface area contributed by atoms with E-state index in [2.05, 4.69) is 44.3 Å². The highest BCUT2D eigenvalue weighted by Gasteiger charge is 2.21. The van der Waals surface area contributed by atoms with Gasteiger partial charge in [-0.3, -0.25) is 0 Å². The van der Waals surface area contributed by atoms with E-state index in [4.69, 9.17) is 16.3 Å². The van der Waals surface area contributed by atoms with Crippen LogP contribution in [0.25, 0.3) is 0 Å². The first-order valence-corrected chi connectivity index (χ1v) is 7.02. The van der Waals surface area contributed by atoms with Crippen LogP contribution in [0.4, 0.5) is 0 Å². The lowest BCUT2D eigenvalue weighted by Gasteiger charge is -2.26. The minimum atomic E-state index is 0.0995. The zero-order valence-electron chi connectivity index (χ0n) is 11.8. The van der Waals surface area contributed by atoms with Crippen molar-refractivity contribution in [3.8, 4) is 5.75 Å². The van der Waals surface area contributed by atoms with Crippen LogP contribution in [0.3, 0.4) is 0 Å². The lowest BCUT2D eigenvalue weighted by Crippen LogP contribution is -2.34. The molecule has 3 heteroatoms. The number of benzene rings is 1. The molecule has 1 N–H and O–H groups in total. The predicted octanol–water partition coefficient (Wildman–Crippen LogP) is 3.36. The van der Waals surface area contributed by atoms with Crippen LogP contribution in [0.2, 0.25) is 0 Å². The molecule has 18 heavy (non-hydrogen) atoms. The smallest absolute Gasteiger partial charge is 0.122 e. The summed E-state index contributed by atoms with van der Waals surface area (Å²) in [6, 6.07) is 6.47. The second-order valence-electron chi connectivity index (χ2n) is 5.13. The number of hydrogen-bond donors (Lipinski definition) is 1. The Morgan fingerprint density at radius 2 is 2.06 bits per heavy atom. The summed E-state index contributed by atoms with van der Waals surface area (Å²) in [5.41, 5.74) is 2.70. The van der Waals surface area contributed by atoms with Gasteiger partial charge < -0.3 is 10.1 Å². The predicted molar refractivity (Wildman–Crippen MR) is 79.0 cm³/mol. The Labute approximate surface area is 116 Å². The normalized spacial score (nSPS) is 11.6. The highest BCUT2D eigenvalue weighted by molar-refractivity contribution is 6.18. The molecule has 0 unspecified atom stereocenters. The molecular formula is C15H24ClNO. The van der Waals surface area contributed by atoms with Gasteiger partial charge in [-0.25, -0.2) is 0 Å².